The van der Waals surface area contributed by atoms with E-state index in [1.807, 2.05) is 0 Å². The molecule has 1 aliphatic heterocycles. The molecule has 1 saturated heterocycles. The van der Waals surface area contributed by atoms with Crippen LogP contribution >= 0.6 is 11.6 Å². The van der Waals surface area contributed by atoms with Crippen LogP contribution in [0, 0.1) is 5.92 Å². The second-order valence-corrected chi connectivity index (χ2v) is 9.18. The number of hydrogen-bond donors (Lipinski definition) is 1. The highest BCUT2D eigenvalue weighted by molar-refractivity contribution is 7.89. The molecule has 0 aromatic heterocycles. The highest BCUT2D eigenvalue weighted by Gasteiger charge is 2.32. The second kappa shape index (κ2) is 7.61. The molecule has 0 spiro atoms. The number of halogens is 1. The van der Waals surface area contributed by atoms with Crippen molar-refractivity contribution in [2.75, 3.05) is 26.2 Å². The second-order valence-electron chi connectivity index (χ2n) is 6.80. The molecule has 1 saturated carbocycles. The molecule has 0 bridgehead atoms. The Hall–Kier alpha value is -1.15. The van der Waals surface area contributed by atoms with Crippen LogP contribution in [0.15, 0.2) is 29.2 Å². The smallest absolute Gasteiger partial charge is 0.243 e. The van der Waals surface area contributed by atoms with E-state index >= 15 is 0 Å². The molecule has 2 aliphatic rings. The van der Waals surface area contributed by atoms with E-state index in [0.717, 1.165) is 19.3 Å². The first kappa shape index (κ1) is 18.6. The topological polar surface area (TPSA) is 83.7 Å². The number of piperazine rings is 1. The first-order chi connectivity index (χ1) is 11.9. The predicted molar refractivity (Wildman–Crippen MR) is 96.7 cm³/mol. The molecule has 25 heavy (non-hydrogen) atoms. The fourth-order valence-corrected chi connectivity index (χ4v) is 5.35. The van der Waals surface area contributed by atoms with Gasteiger partial charge in [-0.15, -0.1) is 0 Å². The van der Waals surface area contributed by atoms with E-state index < -0.39 is 10.0 Å². The average Bonchev–Trinajstić information content (AvgIpc) is 3.00. The molecule has 1 amide bonds. The van der Waals surface area contributed by atoms with Crippen LogP contribution in [0.2, 0.25) is 5.02 Å². The van der Waals surface area contributed by atoms with Gasteiger partial charge >= 0.3 is 0 Å². The molecule has 1 aliphatic carbocycles. The Balaban J connectivity index is 1.58. The van der Waals surface area contributed by atoms with Crippen molar-refractivity contribution in [2.45, 2.75) is 36.6 Å². The highest BCUT2D eigenvalue weighted by Crippen LogP contribution is 2.28. The van der Waals surface area contributed by atoms with Crippen molar-refractivity contribution in [3.05, 3.63) is 29.3 Å². The number of benzene rings is 1. The minimum Gasteiger partial charge on any atom is -0.340 e. The minimum absolute atomic E-state index is 0.0853. The summed E-state index contributed by atoms with van der Waals surface area (Å²) in [5.74, 6) is 0.350. The summed E-state index contributed by atoms with van der Waals surface area (Å²) in [6.07, 6.45) is 3.56. The lowest BCUT2D eigenvalue weighted by Crippen LogP contribution is -2.51. The zero-order chi connectivity index (χ0) is 18.0. The van der Waals surface area contributed by atoms with Gasteiger partial charge in [0.25, 0.3) is 0 Å². The number of carbonyl (C=O) groups excluding carboxylic acids is 1. The lowest BCUT2D eigenvalue weighted by molar-refractivity contribution is -0.133. The first-order valence-electron chi connectivity index (χ1n) is 8.67. The Kier molecular flexibility index (Phi) is 5.68. The largest absolute Gasteiger partial charge is 0.340 e. The molecule has 1 aromatic carbocycles. The third-order valence-electron chi connectivity index (χ3n) is 5.18. The van der Waals surface area contributed by atoms with Crippen molar-refractivity contribution in [1.82, 2.24) is 9.21 Å². The molecule has 1 aromatic rings. The Bertz CT molecular complexity index is 732. The summed E-state index contributed by atoms with van der Waals surface area (Å²) >= 11 is 5.90. The van der Waals surface area contributed by atoms with Crippen LogP contribution in [-0.2, 0) is 14.8 Å². The Morgan fingerprint density at radius 1 is 1.20 bits per heavy atom. The van der Waals surface area contributed by atoms with Crippen molar-refractivity contribution < 1.29 is 13.2 Å². The monoisotopic (exact) mass is 385 g/mol. The average molecular weight is 386 g/mol. The van der Waals surface area contributed by atoms with E-state index in [-0.39, 0.29) is 22.8 Å². The highest BCUT2D eigenvalue weighted by atomic mass is 35.5. The van der Waals surface area contributed by atoms with Crippen LogP contribution < -0.4 is 5.73 Å². The number of hydrogen-bond acceptors (Lipinski definition) is 4. The van der Waals surface area contributed by atoms with E-state index in [2.05, 4.69) is 0 Å². The number of nitrogens with two attached hydrogens (primary N) is 1. The number of nitrogens with zero attached hydrogens (tertiary/aromatic N) is 2. The third kappa shape index (κ3) is 4.16. The van der Waals surface area contributed by atoms with E-state index in [0.29, 0.717) is 37.6 Å². The van der Waals surface area contributed by atoms with E-state index in [9.17, 15) is 13.2 Å². The zero-order valence-corrected chi connectivity index (χ0v) is 15.7. The third-order valence-corrected chi connectivity index (χ3v) is 7.31. The van der Waals surface area contributed by atoms with Crippen molar-refractivity contribution in [3.8, 4) is 0 Å². The normalized spacial score (nSPS) is 25.3. The van der Waals surface area contributed by atoms with Gasteiger partial charge < -0.3 is 10.6 Å². The summed E-state index contributed by atoms with van der Waals surface area (Å²) in [5, 5.41) is 0.391. The van der Waals surface area contributed by atoms with Crippen LogP contribution in [-0.4, -0.2) is 55.8 Å². The fraction of sp³-hybridized carbons (Fsp3) is 0.588. The molecule has 0 radical (unpaired) electrons. The standard InChI is InChI=1S/C17H24ClN3O3S/c18-14-4-2-5-15(12-14)25(23,24)21-9-7-20(8-10-21)17(22)11-13-3-1-6-16(13)19/h2,4-5,12-13,16H,1,3,6-11,19H2/t13-,16+/m0/s1. The van der Waals surface area contributed by atoms with Gasteiger partial charge in [-0.2, -0.15) is 4.31 Å². The van der Waals surface area contributed by atoms with Crippen molar-refractivity contribution in [2.24, 2.45) is 11.7 Å². The number of carbonyl (C=O) groups is 1. The van der Waals surface area contributed by atoms with Crippen LogP contribution in [0.4, 0.5) is 0 Å². The molecule has 2 fully saturated rings. The Labute approximate surface area is 154 Å². The fourth-order valence-electron chi connectivity index (χ4n) is 3.63. The molecule has 2 N–H and O–H groups in total. The van der Waals surface area contributed by atoms with Crippen LogP contribution in [0.25, 0.3) is 0 Å². The summed E-state index contributed by atoms with van der Waals surface area (Å²) in [6, 6.07) is 6.38. The minimum atomic E-state index is -3.57. The molecule has 2 atom stereocenters. The van der Waals surface area contributed by atoms with Crippen LogP contribution in [0.5, 0.6) is 0 Å². The maximum Gasteiger partial charge on any atom is 0.243 e. The van der Waals surface area contributed by atoms with Crippen LogP contribution in [0.1, 0.15) is 25.7 Å². The van der Waals surface area contributed by atoms with Gasteiger partial charge in [0.05, 0.1) is 4.90 Å². The molecule has 0 unspecified atom stereocenters. The zero-order valence-electron chi connectivity index (χ0n) is 14.1. The number of rotatable bonds is 4. The van der Waals surface area contributed by atoms with E-state index in [1.54, 1.807) is 23.1 Å². The predicted octanol–water partition coefficient (Wildman–Crippen LogP) is 1.69. The van der Waals surface area contributed by atoms with Gasteiger partial charge in [0.2, 0.25) is 15.9 Å². The summed E-state index contributed by atoms with van der Waals surface area (Å²) in [5.41, 5.74) is 6.04. The molecule has 138 valence electrons. The SMILES string of the molecule is N[C@@H]1CCC[C@H]1CC(=O)N1CCN(S(=O)(=O)c2cccc(Cl)c2)CC1. The summed E-state index contributed by atoms with van der Waals surface area (Å²) in [6.45, 7) is 1.44. The van der Waals surface area contributed by atoms with Crippen molar-refractivity contribution >= 4 is 27.5 Å². The molecule has 1 heterocycles. The lowest BCUT2D eigenvalue weighted by Gasteiger charge is -2.34. The van der Waals surface area contributed by atoms with Gasteiger partial charge in [0, 0.05) is 43.7 Å². The number of sulfonamides is 1. The molecule has 3 rings (SSSR count). The molecular formula is C17H24ClN3O3S. The van der Waals surface area contributed by atoms with Crippen molar-refractivity contribution in [1.29, 1.82) is 0 Å². The number of amides is 1. The molecule has 8 heteroatoms. The van der Waals surface area contributed by atoms with Gasteiger partial charge in [-0.3, -0.25) is 4.79 Å². The first-order valence-corrected chi connectivity index (χ1v) is 10.5. The Morgan fingerprint density at radius 2 is 1.92 bits per heavy atom. The van der Waals surface area contributed by atoms with E-state index in [4.69, 9.17) is 17.3 Å². The van der Waals surface area contributed by atoms with Gasteiger partial charge in [0.1, 0.15) is 0 Å². The van der Waals surface area contributed by atoms with Crippen LogP contribution in [0.3, 0.4) is 0 Å². The lowest BCUT2D eigenvalue weighted by atomic mass is 9.99. The quantitative estimate of drug-likeness (QED) is 0.854. The summed E-state index contributed by atoms with van der Waals surface area (Å²) < 4.78 is 26.8. The van der Waals surface area contributed by atoms with Gasteiger partial charge in [-0.05, 0) is 37.0 Å². The van der Waals surface area contributed by atoms with Crippen molar-refractivity contribution in [3.63, 3.8) is 0 Å². The van der Waals surface area contributed by atoms with Gasteiger partial charge in [-0.1, -0.05) is 24.1 Å². The molecule has 6 nitrogen and oxygen atoms in total. The molecular weight excluding hydrogens is 362 g/mol. The van der Waals surface area contributed by atoms with E-state index in [1.165, 1.54) is 10.4 Å². The Morgan fingerprint density at radius 3 is 2.52 bits per heavy atom. The van der Waals surface area contributed by atoms with Gasteiger partial charge in [0.15, 0.2) is 0 Å². The maximum absolute atomic E-state index is 12.7. The summed E-state index contributed by atoms with van der Waals surface area (Å²) in [7, 11) is -3.57. The maximum atomic E-state index is 12.7. The summed E-state index contributed by atoms with van der Waals surface area (Å²) in [4.78, 5) is 14.4. The van der Waals surface area contributed by atoms with Gasteiger partial charge in [-0.25, -0.2) is 8.42 Å².